The fourth-order valence-corrected chi connectivity index (χ4v) is 1.77. The van der Waals surface area contributed by atoms with Gasteiger partial charge in [-0.25, -0.2) is 0 Å². The van der Waals surface area contributed by atoms with Gasteiger partial charge in [-0.2, -0.15) is 13.7 Å². The summed E-state index contributed by atoms with van der Waals surface area (Å²) in [6.07, 6.45) is 0. The maximum absolute atomic E-state index is 11.3. The third-order valence-electron chi connectivity index (χ3n) is 2.27. The van der Waals surface area contributed by atoms with Crippen molar-refractivity contribution in [3.05, 3.63) is 35.7 Å². The Morgan fingerprint density at radius 1 is 1.26 bits per heavy atom. The van der Waals surface area contributed by atoms with E-state index in [-0.39, 0.29) is 78.6 Å². The number of amides is 1. The molecule has 0 saturated heterocycles. The quantitative estimate of drug-likeness (QED) is 0.193. The molecule has 1 rings (SSSR count). The predicted molar refractivity (Wildman–Crippen MR) is 85.1 cm³/mol. The van der Waals surface area contributed by atoms with Crippen molar-refractivity contribution in [2.45, 2.75) is 4.90 Å². The topological polar surface area (TPSA) is 208 Å². The van der Waals surface area contributed by atoms with Crippen molar-refractivity contribution < 1.29 is 28.7 Å². The van der Waals surface area contributed by atoms with Crippen LogP contribution in [0, 0.1) is 11.3 Å². The Labute approximate surface area is 175 Å². The Hall–Kier alpha value is -1.01. The molecular formula is C11H17KN4O6S. The number of nitrogens with two attached hydrogens (primary N) is 1. The molecular weight excluding hydrogens is 355 g/mol. The van der Waals surface area contributed by atoms with E-state index in [1.807, 2.05) is 0 Å². The molecule has 0 radical (unpaired) electrons. The van der Waals surface area contributed by atoms with Crippen molar-refractivity contribution in [2.24, 2.45) is 5.73 Å². The minimum absolute atomic E-state index is 0. The molecule has 0 heterocycles. The van der Waals surface area contributed by atoms with E-state index in [4.69, 9.17) is 15.5 Å². The van der Waals surface area contributed by atoms with E-state index in [0.717, 1.165) is 12.1 Å². The summed E-state index contributed by atoms with van der Waals surface area (Å²) < 4.78 is 30.5. The number of hydrogen-bond acceptors (Lipinski definition) is 6. The number of carbonyl (C=O) groups is 1. The molecule has 124 valence electrons. The number of likely N-dealkylation sites (N-methyl/N-ethyl adjacent to an activating group) is 1. The van der Waals surface area contributed by atoms with Gasteiger partial charge in [0.15, 0.2) is 5.57 Å². The number of nitrogens with one attached hydrogen (secondary N) is 2. The van der Waals surface area contributed by atoms with Crippen LogP contribution in [-0.2, 0) is 14.9 Å². The minimum atomic E-state index is -4.27. The maximum atomic E-state index is 11.3. The molecule has 1 aromatic carbocycles. The van der Waals surface area contributed by atoms with Gasteiger partial charge >= 0.3 is 51.4 Å². The van der Waals surface area contributed by atoms with Crippen LogP contribution >= 0.6 is 0 Å². The molecule has 1 aromatic rings. The second-order valence-electron chi connectivity index (χ2n) is 3.60. The number of benzene rings is 1. The van der Waals surface area contributed by atoms with Gasteiger partial charge in [0.25, 0.3) is 16.0 Å². The van der Waals surface area contributed by atoms with Gasteiger partial charge in [-0.1, -0.05) is 0 Å². The van der Waals surface area contributed by atoms with Crippen LogP contribution in [0.4, 0.5) is 5.69 Å². The van der Waals surface area contributed by atoms with Crippen molar-refractivity contribution in [3.63, 3.8) is 0 Å². The molecule has 0 bridgehead atoms. The van der Waals surface area contributed by atoms with Gasteiger partial charge in [-0.3, -0.25) is 9.35 Å². The Balaban J connectivity index is -0.00000133. The Morgan fingerprint density at radius 3 is 2.09 bits per heavy atom. The number of carbonyl (C=O) groups excluding carboxylic acids is 1. The SMILES string of the molecule is CNC(=O)C(C#N)=C(N)Nc1ccc(S(=O)(=O)O)cc1.O.O.[KH]. The second-order valence-corrected chi connectivity index (χ2v) is 5.03. The van der Waals surface area contributed by atoms with Crippen LogP contribution in [0.2, 0.25) is 0 Å². The molecule has 0 aromatic heterocycles. The van der Waals surface area contributed by atoms with Gasteiger partial charge in [0.05, 0.1) is 4.90 Å². The summed E-state index contributed by atoms with van der Waals surface area (Å²) in [5.74, 6) is -0.821. The van der Waals surface area contributed by atoms with Crippen LogP contribution in [-0.4, -0.2) is 88.3 Å². The van der Waals surface area contributed by atoms with Crippen molar-refractivity contribution in [3.8, 4) is 6.07 Å². The van der Waals surface area contributed by atoms with E-state index in [1.165, 1.54) is 19.2 Å². The van der Waals surface area contributed by atoms with Crippen LogP contribution in [0.15, 0.2) is 40.6 Å². The molecule has 0 spiro atoms. The first-order valence-corrected chi connectivity index (χ1v) is 6.70. The van der Waals surface area contributed by atoms with Crippen LogP contribution in [0.25, 0.3) is 0 Å². The van der Waals surface area contributed by atoms with Gasteiger partial charge in [0.1, 0.15) is 11.9 Å². The molecule has 0 unspecified atom stereocenters. The van der Waals surface area contributed by atoms with Crippen LogP contribution < -0.4 is 16.4 Å². The van der Waals surface area contributed by atoms with Gasteiger partial charge in [0.2, 0.25) is 0 Å². The van der Waals surface area contributed by atoms with Crippen molar-refractivity contribution in [1.82, 2.24) is 5.32 Å². The molecule has 0 aliphatic heterocycles. The van der Waals surface area contributed by atoms with Gasteiger partial charge in [-0.15, -0.1) is 0 Å². The zero-order valence-corrected chi connectivity index (χ0v) is 12.2. The molecule has 10 nitrogen and oxygen atoms in total. The van der Waals surface area contributed by atoms with Crippen molar-refractivity contribution >= 4 is 73.1 Å². The number of nitrogens with zero attached hydrogens (tertiary/aromatic N) is 1. The van der Waals surface area contributed by atoms with Gasteiger partial charge in [-0.05, 0) is 24.3 Å². The van der Waals surface area contributed by atoms with Crippen molar-refractivity contribution in [2.75, 3.05) is 12.4 Å². The summed E-state index contributed by atoms with van der Waals surface area (Å²) in [6.45, 7) is 0. The van der Waals surface area contributed by atoms with E-state index >= 15 is 0 Å². The van der Waals surface area contributed by atoms with E-state index < -0.39 is 16.0 Å². The molecule has 0 atom stereocenters. The summed E-state index contributed by atoms with van der Waals surface area (Å²) >= 11 is 0. The molecule has 1 amide bonds. The Bertz CT molecular complexity index is 696. The normalized spacial score (nSPS) is 10.5. The van der Waals surface area contributed by atoms with Crippen LogP contribution in [0.5, 0.6) is 0 Å². The molecule has 0 saturated carbocycles. The van der Waals surface area contributed by atoms with E-state index in [1.54, 1.807) is 6.07 Å². The number of nitriles is 1. The Kier molecular flexibility index (Phi) is 13.4. The van der Waals surface area contributed by atoms with Crippen LogP contribution in [0.3, 0.4) is 0 Å². The zero-order valence-electron chi connectivity index (χ0n) is 11.4. The third-order valence-corrected chi connectivity index (χ3v) is 3.13. The standard InChI is InChI=1S/C11H12N4O4S.K.2H2O.H/c1-14-11(16)9(6-12)10(13)15-7-2-4-8(5-3-7)20(17,18)19;;;;/h2-5,15H,13H2,1H3,(H,14,16)(H,17,18,19);;2*1H2;. The van der Waals surface area contributed by atoms with Crippen LogP contribution in [0.1, 0.15) is 0 Å². The monoisotopic (exact) mass is 372 g/mol. The fourth-order valence-electron chi connectivity index (χ4n) is 1.29. The summed E-state index contributed by atoms with van der Waals surface area (Å²) in [5.41, 5.74) is 5.63. The summed E-state index contributed by atoms with van der Waals surface area (Å²) in [7, 11) is -2.92. The first kappa shape index (κ1) is 26.9. The number of hydrogen-bond donors (Lipinski definition) is 4. The summed E-state index contributed by atoms with van der Waals surface area (Å²) in [5, 5.41) is 13.7. The third kappa shape index (κ3) is 7.88. The predicted octanol–water partition coefficient (Wildman–Crippen LogP) is -2.51. The molecule has 9 N–H and O–H groups in total. The molecule has 23 heavy (non-hydrogen) atoms. The van der Waals surface area contributed by atoms with E-state index in [9.17, 15) is 13.2 Å². The van der Waals surface area contributed by atoms with E-state index in [0.29, 0.717) is 5.69 Å². The summed E-state index contributed by atoms with van der Waals surface area (Å²) in [4.78, 5) is 11.1. The molecule has 12 heteroatoms. The van der Waals surface area contributed by atoms with Gasteiger partial charge in [0, 0.05) is 12.7 Å². The molecule has 0 fully saturated rings. The van der Waals surface area contributed by atoms with E-state index in [2.05, 4.69) is 10.6 Å². The fraction of sp³-hybridized carbons (Fsp3) is 0.0909. The average Bonchev–Trinajstić information content (AvgIpc) is 2.38. The molecule has 0 aliphatic rings. The first-order chi connectivity index (χ1) is 9.29. The first-order valence-electron chi connectivity index (χ1n) is 5.26. The summed E-state index contributed by atoms with van der Waals surface area (Å²) in [6, 6.07) is 6.61. The Morgan fingerprint density at radius 2 is 1.74 bits per heavy atom. The van der Waals surface area contributed by atoms with Gasteiger partial charge < -0.3 is 27.3 Å². The van der Waals surface area contributed by atoms with Crippen molar-refractivity contribution in [1.29, 1.82) is 5.26 Å². The number of anilines is 1. The number of rotatable bonds is 4. The second kappa shape index (κ2) is 11.5. The zero-order chi connectivity index (χ0) is 15.3. The molecule has 0 aliphatic carbocycles. The average molecular weight is 372 g/mol.